The molecule has 1 saturated carbocycles. The van der Waals surface area contributed by atoms with Crippen molar-refractivity contribution in [1.82, 2.24) is 9.29 Å². The number of pyridine rings is 1. The Labute approximate surface area is 265 Å². The number of alkyl halides is 3. The predicted molar refractivity (Wildman–Crippen MR) is 166 cm³/mol. The standard InChI is InChI=1S/C34H30F3N5O3S/c35-34(36,37)28-20-27(19-18-26(28)21-38)41-29-14-7-8-15-30(29)42(33(41)43)31-16-9-17-32(39-31)46(44,45)40(22-24-10-3-1-4-11-24)23-25-12-5-2-6-13-25/h1-6,9-13,16-20,29-30H,7-8,14-15,22-23H2. The van der Waals surface area contributed by atoms with Gasteiger partial charge in [-0.05, 0) is 54.3 Å². The van der Waals surface area contributed by atoms with Crippen molar-refractivity contribution in [3.05, 3.63) is 119 Å². The zero-order valence-corrected chi connectivity index (χ0v) is 25.5. The van der Waals surface area contributed by atoms with Crippen molar-refractivity contribution in [3.63, 3.8) is 0 Å². The molecule has 3 aromatic carbocycles. The number of benzene rings is 3. The van der Waals surface area contributed by atoms with E-state index in [1.807, 2.05) is 60.7 Å². The van der Waals surface area contributed by atoms with E-state index in [1.54, 1.807) is 12.1 Å². The van der Waals surface area contributed by atoms with Crippen LogP contribution in [0.3, 0.4) is 0 Å². The summed E-state index contributed by atoms with van der Waals surface area (Å²) in [7, 11) is -4.18. The maximum atomic E-state index is 14.2. The third-order valence-electron chi connectivity index (χ3n) is 8.44. The van der Waals surface area contributed by atoms with E-state index >= 15 is 0 Å². The van der Waals surface area contributed by atoms with Gasteiger partial charge in [0.1, 0.15) is 5.82 Å². The number of halogens is 3. The lowest BCUT2D eigenvalue weighted by Crippen LogP contribution is -2.40. The van der Waals surface area contributed by atoms with Crippen LogP contribution in [0.4, 0.5) is 29.5 Å². The van der Waals surface area contributed by atoms with Gasteiger partial charge in [0, 0.05) is 18.8 Å². The van der Waals surface area contributed by atoms with E-state index in [2.05, 4.69) is 4.98 Å². The zero-order chi connectivity index (χ0) is 32.5. The molecule has 0 N–H and O–H groups in total. The van der Waals surface area contributed by atoms with Crippen molar-refractivity contribution in [2.24, 2.45) is 0 Å². The number of carbonyl (C=O) groups excluding carboxylic acids is 1. The first-order valence-electron chi connectivity index (χ1n) is 14.9. The molecule has 6 rings (SSSR count). The number of sulfonamides is 1. The minimum Gasteiger partial charge on any atom is -0.289 e. The minimum absolute atomic E-state index is 0.0244. The number of nitrogens with zero attached hydrogens (tertiary/aromatic N) is 5. The maximum absolute atomic E-state index is 14.2. The minimum atomic E-state index is -4.79. The van der Waals surface area contributed by atoms with Crippen molar-refractivity contribution >= 4 is 27.6 Å². The molecule has 2 unspecified atom stereocenters. The maximum Gasteiger partial charge on any atom is 0.417 e. The lowest BCUT2D eigenvalue weighted by molar-refractivity contribution is -0.137. The second-order valence-electron chi connectivity index (χ2n) is 11.4. The van der Waals surface area contributed by atoms with Gasteiger partial charge < -0.3 is 0 Å². The molecule has 2 aliphatic rings. The molecule has 46 heavy (non-hydrogen) atoms. The molecule has 2 atom stereocenters. The lowest BCUT2D eigenvalue weighted by Gasteiger charge is -2.31. The van der Waals surface area contributed by atoms with E-state index in [0.29, 0.717) is 12.8 Å². The van der Waals surface area contributed by atoms with E-state index in [9.17, 15) is 31.6 Å². The second kappa shape index (κ2) is 12.6. The van der Waals surface area contributed by atoms with Gasteiger partial charge in [0.2, 0.25) is 0 Å². The first kappa shape index (κ1) is 31.3. The third-order valence-corrected chi connectivity index (χ3v) is 10.1. The van der Waals surface area contributed by atoms with Crippen molar-refractivity contribution in [3.8, 4) is 6.07 Å². The smallest absolute Gasteiger partial charge is 0.289 e. The van der Waals surface area contributed by atoms with Crippen molar-refractivity contribution in [2.75, 3.05) is 9.80 Å². The molecule has 2 fully saturated rings. The molecule has 1 aliphatic heterocycles. The molecule has 0 bridgehead atoms. The van der Waals surface area contributed by atoms with Gasteiger partial charge in [0.25, 0.3) is 10.0 Å². The summed E-state index contributed by atoms with van der Waals surface area (Å²) in [4.78, 5) is 21.3. The molecule has 1 aliphatic carbocycles. The Morgan fingerprint density at radius 3 is 1.98 bits per heavy atom. The van der Waals surface area contributed by atoms with Crippen LogP contribution in [-0.4, -0.2) is 35.8 Å². The van der Waals surface area contributed by atoms with E-state index in [0.717, 1.165) is 36.1 Å². The summed E-state index contributed by atoms with van der Waals surface area (Å²) in [5.41, 5.74) is -0.0517. The summed E-state index contributed by atoms with van der Waals surface area (Å²) in [6.45, 7) is 0.177. The van der Waals surface area contributed by atoms with Crippen molar-refractivity contribution in [2.45, 2.75) is 62.1 Å². The summed E-state index contributed by atoms with van der Waals surface area (Å²) in [6, 6.07) is 26.2. The van der Waals surface area contributed by atoms with Crippen LogP contribution in [0, 0.1) is 11.3 Å². The molecular weight excluding hydrogens is 615 g/mol. The third kappa shape index (κ3) is 6.08. The topological polar surface area (TPSA) is 97.6 Å². The Morgan fingerprint density at radius 1 is 0.826 bits per heavy atom. The van der Waals surface area contributed by atoms with E-state index in [1.165, 1.54) is 32.3 Å². The zero-order valence-electron chi connectivity index (χ0n) is 24.6. The summed E-state index contributed by atoms with van der Waals surface area (Å²) < 4.78 is 71.2. The monoisotopic (exact) mass is 645 g/mol. The van der Waals surface area contributed by atoms with Gasteiger partial charge in [0.05, 0.1) is 29.3 Å². The molecule has 4 aromatic rings. The number of aromatic nitrogens is 1. The van der Waals surface area contributed by atoms with Crippen LogP contribution in [0.5, 0.6) is 0 Å². The number of nitriles is 1. The summed E-state index contributed by atoms with van der Waals surface area (Å²) in [5, 5.41) is 9.02. The first-order chi connectivity index (χ1) is 22.1. The molecule has 12 heteroatoms. The highest BCUT2D eigenvalue weighted by molar-refractivity contribution is 7.89. The fraction of sp³-hybridized carbons (Fsp3) is 0.265. The lowest BCUT2D eigenvalue weighted by atomic mass is 9.90. The Hall–Kier alpha value is -4.73. The average molecular weight is 646 g/mol. The number of rotatable bonds is 8. The van der Waals surface area contributed by atoms with Crippen LogP contribution in [0.2, 0.25) is 0 Å². The largest absolute Gasteiger partial charge is 0.417 e. The van der Waals surface area contributed by atoms with Crippen LogP contribution in [-0.2, 0) is 29.3 Å². The van der Waals surface area contributed by atoms with Gasteiger partial charge in [-0.25, -0.2) is 18.2 Å². The molecule has 1 saturated heterocycles. The van der Waals surface area contributed by atoms with Crippen LogP contribution < -0.4 is 9.80 Å². The number of amides is 2. The Bertz CT molecular complexity index is 1840. The normalized spacial score (nSPS) is 18.5. The number of hydrogen-bond acceptors (Lipinski definition) is 5. The molecule has 236 valence electrons. The first-order valence-corrected chi connectivity index (χ1v) is 16.3. The van der Waals surface area contributed by atoms with Gasteiger partial charge in [-0.1, -0.05) is 79.6 Å². The number of anilines is 2. The molecule has 0 radical (unpaired) electrons. The van der Waals surface area contributed by atoms with Crippen LogP contribution in [0.1, 0.15) is 47.9 Å². The fourth-order valence-electron chi connectivity index (χ4n) is 6.29. The Kier molecular flexibility index (Phi) is 8.55. The van der Waals surface area contributed by atoms with Gasteiger partial charge in [-0.3, -0.25) is 9.80 Å². The van der Waals surface area contributed by atoms with Crippen LogP contribution in [0.25, 0.3) is 0 Å². The second-order valence-corrected chi connectivity index (χ2v) is 13.2. The van der Waals surface area contributed by atoms with Gasteiger partial charge in [-0.2, -0.15) is 22.7 Å². The van der Waals surface area contributed by atoms with Crippen molar-refractivity contribution in [1.29, 1.82) is 5.26 Å². The van der Waals surface area contributed by atoms with Gasteiger partial charge in [0.15, 0.2) is 5.03 Å². The number of fused-ring (bicyclic) bond motifs is 1. The van der Waals surface area contributed by atoms with Gasteiger partial charge in [-0.15, -0.1) is 0 Å². The molecule has 8 nitrogen and oxygen atoms in total. The number of carbonyl (C=O) groups is 1. The summed E-state index contributed by atoms with van der Waals surface area (Å²) in [6.07, 6.45) is -2.10. The quantitative estimate of drug-likeness (QED) is 0.203. The van der Waals surface area contributed by atoms with Crippen LogP contribution in [0.15, 0.2) is 102 Å². The Balaban J connectivity index is 1.37. The van der Waals surface area contributed by atoms with Gasteiger partial charge >= 0.3 is 12.2 Å². The molecule has 2 heterocycles. The van der Waals surface area contributed by atoms with Crippen molar-refractivity contribution < 1.29 is 26.4 Å². The van der Waals surface area contributed by atoms with E-state index in [4.69, 9.17) is 0 Å². The molecule has 2 amide bonds. The fourth-order valence-corrected chi connectivity index (χ4v) is 7.65. The predicted octanol–water partition coefficient (Wildman–Crippen LogP) is 7.12. The highest BCUT2D eigenvalue weighted by Gasteiger charge is 2.49. The highest BCUT2D eigenvalue weighted by atomic mass is 32.2. The average Bonchev–Trinajstić information content (AvgIpc) is 3.36. The molecular formula is C34H30F3N5O3S. The summed E-state index contributed by atoms with van der Waals surface area (Å²) >= 11 is 0. The number of hydrogen-bond donors (Lipinski definition) is 0. The van der Waals surface area contributed by atoms with Crippen LogP contribution >= 0.6 is 0 Å². The molecule has 1 aromatic heterocycles. The Morgan fingerprint density at radius 2 is 1.41 bits per heavy atom. The van der Waals surface area contributed by atoms with E-state index in [-0.39, 0.29) is 29.6 Å². The summed E-state index contributed by atoms with van der Waals surface area (Å²) in [5.74, 6) is 0.106. The van der Waals surface area contributed by atoms with E-state index < -0.39 is 45.4 Å². The molecule has 0 spiro atoms. The highest BCUT2D eigenvalue weighted by Crippen LogP contribution is 2.42. The number of urea groups is 1. The SMILES string of the molecule is N#Cc1ccc(N2C(=O)N(c3cccc(S(=O)(=O)N(Cc4ccccc4)Cc4ccccc4)n3)C3CCCCC32)cc1C(F)(F)F.